The summed E-state index contributed by atoms with van der Waals surface area (Å²) in [7, 11) is 0. The zero-order valence-electron chi connectivity index (χ0n) is 15.9. The Morgan fingerprint density at radius 3 is 2.68 bits per heavy atom. The molecule has 5 heteroatoms. The van der Waals surface area contributed by atoms with E-state index in [1.165, 1.54) is 0 Å². The number of hydrogen-bond acceptors (Lipinski definition) is 4. The number of ether oxygens (including phenoxy) is 1. The lowest BCUT2D eigenvalue weighted by Crippen LogP contribution is -2.51. The molecule has 5 nitrogen and oxygen atoms in total. The normalized spacial score (nSPS) is 18.4. The van der Waals surface area contributed by atoms with Gasteiger partial charge in [0.2, 0.25) is 5.91 Å². The summed E-state index contributed by atoms with van der Waals surface area (Å²) in [5, 5.41) is 9.92. The summed E-state index contributed by atoms with van der Waals surface area (Å²) >= 11 is 0. The molecular formula is C20H35NO4. The van der Waals surface area contributed by atoms with Crippen LogP contribution in [-0.4, -0.2) is 47.2 Å². The van der Waals surface area contributed by atoms with Crippen LogP contribution in [0.4, 0.5) is 0 Å². The number of amides is 1. The number of carbonyl (C=O) groups is 2. The van der Waals surface area contributed by atoms with Gasteiger partial charge in [-0.25, -0.2) is 0 Å². The van der Waals surface area contributed by atoms with Gasteiger partial charge in [0.15, 0.2) is 0 Å². The predicted octanol–water partition coefficient (Wildman–Crippen LogP) is 3.60. The third kappa shape index (κ3) is 9.05. The van der Waals surface area contributed by atoms with Crippen LogP contribution in [-0.2, 0) is 14.3 Å². The number of likely N-dealkylation sites (tertiary alicyclic amines) is 1. The van der Waals surface area contributed by atoms with Gasteiger partial charge in [0.1, 0.15) is 0 Å². The number of nitrogens with zero attached hydrogens (tertiary/aromatic N) is 1. The highest BCUT2D eigenvalue weighted by atomic mass is 16.5. The summed E-state index contributed by atoms with van der Waals surface area (Å²) in [6, 6.07) is 0.146. The van der Waals surface area contributed by atoms with Crippen molar-refractivity contribution in [3.63, 3.8) is 0 Å². The van der Waals surface area contributed by atoms with Gasteiger partial charge in [-0.15, -0.1) is 0 Å². The number of aliphatic hydroxyl groups excluding tert-OH is 1. The van der Waals surface area contributed by atoms with Crippen molar-refractivity contribution < 1.29 is 19.4 Å². The summed E-state index contributed by atoms with van der Waals surface area (Å²) < 4.78 is 4.90. The van der Waals surface area contributed by atoms with Crippen molar-refractivity contribution in [3.05, 3.63) is 12.2 Å². The van der Waals surface area contributed by atoms with E-state index in [0.29, 0.717) is 19.4 Å². The van der Waals surface area contributed by atoms with Gasteiger partial charge in [0.05, 0.1) is 25.2 Å². The van der Waals surface area contributed by atoms with Gasteiger partial charge in [0.25, 0.3) is 0 Å². The van der Waals surface area contributed by atoms with Gasteiger partial charge in [-0.1, -0.05) is 51.2 Å². The zero-order chi connectivity index (χ0) is 18.5. The van der Waals surface area contributed by atoms with E-state index >= 15 is 0 Å². The fraction of sp³-hybridized carbons (Fsp3) is 0.800. The molecule has 1 rings (SSSR count). The Labute approximate surface area is 152 Å². The average Bonchev–Trinajstić information content (AvgIpc) is 2.58. The van der Waals surface area contributed by atoms with Gasteiger partial charge in [-0.2, -0.15) is 0 Å². The number of rotatable bonds is 14. The summed E-state index contributed by atoms with van der Waals surface area (Å²) in [6.07, 6.45) is 12.4. The first kappa shape index (κ1) is 21.7. The molecule has 1 fully saturated rings. The highest BCUT2D eigenvalue weighted by molar-refractivity contribution is 5.83. The Hall–Kier alpha value is -1.36. The first-order valence-corrected chi connectivity index (χ1v) is 9.90. The first-order chi connectivity index (χ1) is 12.1. The number of aliphatic hydroxyl groups is 1. The Morgan fingerprint density at radius 2 is 2.00 bits per heavy atom. The summed E-state index contributed by atoms with van der Waals surface area (Å²) in [5.74, 6) is 0.0739. The highest BCUT2D eigenvalue weighted by Gasteiger charge is 2.33. The van der Waals surface area contributed by atoms with Crippen molar-refractivity contribution in [1.29, 1.82) is 0 Å². The van der Waals surface area contributed by atoms with Crippen molar-refractivity contribution in [2.24, 2.45) is 0 Å². The van der Waals surface area contributed by atoms with Crippen LogP contribution in [0, 0.1) is 0 Å². The molecule has 1 heterocycles. The van der Waals surface area contributed by atoms with Crippen molar-refractivity contribution in [2.75, 3.05) is 13.2 Å². The summed E-state index contributed by atoms with van der Waals surface area (Å²) in [5.41, 5.74) is 0. The van der Waals surface area contributed by atoms with Gasteiger partial charge < -0.3 is 14.7 Å². The van der Waals surface area contributed by atoms with Gasteiger partial charge in [0, 0.05) is 13.0 Å². The minimum atomic E-state index is -0.396. The van der Waals surface area contributed by atoms with Crippen LogP contribution < -0.4 is 0 Å². The highest BCUT2D eigenvalue weighted by Crippen LogP contribution is 2.22. The smallest absolute Gasteiger partial charge is 0.305 e. The lowest BCUT2D eigenvalue weighted by atomic mass is 9.99. The third-order valence-corrected chi connectivity index (χ3v) is 4.60. The molecule has 1 amide bonds. The molecule has 0 aromatic rings. The minimum Gasteiger partial charge on any atom is -0.466 e. The van der Waals surface area contributed by atoms with Gasteiger partial charge in [-0.3, -0.25) is 9.59 Å². The fourth-order valence-corrected chi connectivity index (χ4v) is 3.04. The SMILES string of the molecule is CCCCC[C@H](O)C=CC1CC(=O)N1CCCCCCC(=O)OCC. The number of β-lactam (4-membered cyclic amide) rings is 1. The van der Waals surface area contributed by atoms with Crippen molar-refractivity contribution in [2.45, 2.75) is 90.2 Å². The molecule has 0 spiro atoms. The van der Waals surface area contributed by atoms with Crippen molar-refractivity contribution in [3.8, 4) is 0 Å². The van der Waals surface area contributed by atoms with E-state index in [2.05, 4.69) is 6.92 Å². The second-order valence-corrected chi connectivity index (χ2v) is 6.78. The van der Waals surface area contributed by atoms with Crippen LogP contribution in [0.1, 0.15) is 78.1 Å². The Bertz CT molecular complexity index is 422. The molecule has 0 radical (unpaired) electrons. The molecule has 25 heavy (non-hydrogen) atoms. The largest absolute Gasteiger partial charge is 0.466 e. The Balaban J connectivity index is 2.13. The van der Waals surface area contributed by atoms with Gasteiger partial charge in [-0.05, 0) is 26.2 Å². The molecule has 1 unspecified atom stereocenters. The fourth-order valence-electron chi connectivity index (χ4n) is 3.04. The van der Waals surface area contributed by atoms with Crippen LogP contribution in [0.15, 0.2) is 12.2 Å². The van der Waals surface area contributed by atoms with E-state index in [-0.39, 0.29) is 17.9 Å². The van der Waals surface area contributed by atoms with E-state index in [9.17, 15) is 14.7 Å². The van der Waals surface area contributed by atoms with Crippen molar-refractivity contribution in [1.82, 2.24) is 4.90 Å². The lowest BCUT2D eigenvalue weighted by molar-refractivity contribution is -0.144. The van der Waals surface area contributed by atoms with E-state index in [4.69, 9.17) is 4.74 Å². The summed E-state index contributed by atoms with van der Waals surface area (Å²) in [4.78, 5) is 24.9. The monoisotopic (exact) mass is 353 g/mol. The standard InChI is InChI=1S/C20H35NO4/c1-3-5-8-11-18(22)14-13-17-16-19(23)21(17)15-10-7-6-9-12-20(24)25-4-2/h13-14,17-18,22H,3-12,15-16H2,1-2H3/t17?,18-/m0/s1. The molecule has 1 aliphatic rings. The van der Waals surface area contributed by atoms with E-state index in [1.807, 2.05) is 24.0 Å². The molecular weight excluding hydrogens is 318 g/mol. The quantitative estimate of drug-likeness (QED) is 0.224. The Morgan fingerprint density at radius 1 is 1.24 bits per heavy atom. The number of hydrogen-bond donors (Lipinski definition) is 1. The number of unbranched alkanes of at least 4 members (excludes halogenated alkanes) is 5. The van der Waals surface area contributed by atoms with Crippen LogP contribution >= 0.6 is 0 Å². The topological polar surface area (TPSA) is 66.8 Å². The van der Waals surface area contributed by atoms with Gasteiger partial charge >= 0.3 is 5.97 Å². The third-order valence-electron chi connectivity index (χ3n) is 4.60. The van der Waals surface area contributed by atoms with E-state index in [1.54, 1.807) is 0 Å². The van der Waals surface area contributed by atoms with Crippen LogP contribution in [0.2, 0.25) is 0 Å². The van der Waals surface area contributed by atoms with Crippen LogP contribution in [0.25, 0.3) is 0 Å². The van der Waals surface area contributed by atoms with Crippen molar-refractivity contribution >= 4 is 11.9 Å². The maximum atomic E-state index is 11.7. The zero-order valence-corrected chi connectivity index (χ0v) is 15.9. The maximum Gasteiger partial charge on any atom is 0.305 e. The minimum absolute atomic E-state index is 0.122. The lowest BCUT2D eigenvalue weighted by Gasteiger charge is -2.39. The molecule has 0 saturated carbocycles. The van der Waals surface area contributed by atoms with Crippen LogP contribution in [0.5, 0.6) is 0 Å². The summed E-state index contributed by atoms with van der Waals surface area (Å²) in [6.45, 7) is 5.17. The number of esters is 1. The van der Waals surface area contributed by atoms with E-state index < -0.39 is 6.10 Å². The molecule has 0 aliphatic carbocycles. The molecule has 0 bridgehead atoms. The first-order valence-electron chi connectivity index (χ1n) is 9.90. The molecule has 2 atom stereocenters. The molecule has 144 valence electrons. The second-order valence-electron chi connectivity index (χ2n) is 6.78. The Kier molecular flexibility index (Phi) is 11.2. The molecule has 1 aliphatic heterocycles. The average molecular weight is 354 g/mol. The van der Waals surface area contributed by atoms with Crippen LogP contribution in [0.3, 0.4) is 0 Å². The molecule has 1 saturated heterocycles. The maximum absolute atomic E-state index is 11.7. The number of carbonyl (C=O) groups excluding carboxylic acids is 2. The molecule has 0 aromatic heterocycles. The second kappa shape index (κ2) is 12.9. The molecule has 0 aromatic carbocycles. The van der Waals surface area contributed by atoms with E-state index in [0.717, 1.165) is 57.9 Å². The molecule has 1 N–H and O–H groups in total. The predicted molar refractivity (Wildman–Crippen MR) is 99.1 cm³/mol.